The highest BCUT2D eigenvalue weighted by Gasteiger charge is 2.15. The second-order valence-electron chi connectivity index (χ2n) is 3.71. The van der Waals surface area contributed by atoms with Gasteiger partial charge in [-0.3, -0.25) is 0 Å². The zero-order valence-corrected chi connectivity index (χ0v) is 9.17. The lowest BCUT2D eigenvalue weighted by Crippen LogP contribution is -2.07. The SMILES string of the molecule is C[C@H](/C=C/C(=O)O)[C@@H](O)c1ccc(O)c(F)c1. The van der Waals surface area contributed by atoms with E-state index in [9.17, 15) is 14.3 Å². The van der Waals surface area contributed by atoms with E-state index in [2.05, 4.69) is 0 Å². The van der Waals surface area contributed by atoms with E-state index in [0.717, 1.165) is 18.2 Å². The van der Waals surface area contributed by atoms with Gasteiger partial charge < -0.3 is 15.3 Å². The molecule has 17 heavy (non-hydrogen) atoms. The van der Waals surface area contributed by atoms with E-state index in [1.54, 1.807) is 6.92 Å². The predicted octanol–water partition coefficient (Wildman–Crippen LogP) is 1.84. The molecule has 2 atom stereocenters. The Kier molecular flexibility index (Phi) is 4.23. The first-order chi connectivity index (χ1) is 7.91. The van der Waals surface area contributed by atoms with Gasteiger partial charge in [-0.1, -0.05) is 19.1 Å². The fraction of sp³-hybridized carbons (Fsp3) is 0.250. The van der Waals surface area contributed by atoms with Crippen LogP contribution in [0.1, 0.15) is 18.6 Å². The van der Waals surface area contributed by atoms with Crippen molar-refractivity contribution in [2.75, 3.05) is 0 Å². The molecule has 0 aliphatic rings. The summed E-state index contributed by atoms with van der Waals surface area (Å²) in [5.41, 5.74) is 0.280. The van der Waals surface area contributed by atoms with Gasteiger partial charge in [0.05, 0.1) is 6.10 Å². The van der Waals surface area contributed by atoms with Crippen LogP contribution in [0.4, 0.5) is 4.39 Å². The predicted molar refractivity (Wildman–Crippen MR) is 59.0 cm³/mol. The minimum absolute atomic E-state index is 0.280. The monoisotopic (exact) mass is 240 g/mol. The van der Waals surface area contributed by atoms with E-state index < -0.39 is 29.6 Å². The number of rotatable bonds is 4. The number of aliphatic hydroxyl groups excluding tert-OH is 1. The molecule has 3 N–H and O–H groups in total. The topological polar surface area (TPSA) is 77.8 Å². The van der Waals surface area contributed by atoms with Crippen LogP contribution in [0.15, 0.2) is 30.4 Å². The largest absolute Gasteiger partial charge is 0.505 e. The smallest absolute Gasteiger partial charge is 0.327 e. The van der Waals surface area contributed by atoms with Crippen LogP contribution in [0.25, 0.3) is 0 Å². The second-order valence-corrected chi connectivity index (χ2v) is 3.71. The summed E-state index contributed by atoms with van der Waals surface area (Å²) in [6.07, 6.45) is 1.21. The van der Waals surface area contributed by atoms with Gasteiger partial charge in [0, 0.05) is 12.0 Å². The number of aromatic hydroxyl groups is 1. The number of phenolic OH excluding ortho intramolecular Hbond substituents is 1. The summed E-state index contributed by atoms with van der Waals surface area (Å²) < 4.78 is 13.0. The normalized spacial score (nSPS) is 14.8. The Labute approximate surface area is 97.6 Å². The van der Waals surface area contributed by atoms with Crippen LogP contribution in [0.3, 0.4) is 0 Å². The van der Waals surface area contributed by atoms with Gasteiger partial charge in [-0.2, -0.15) is 0 Å². The maximum absolute atomic E-state index is 13.0. The molecule has 1 aromatic rings. The number of hydrogen-bond donors (Lipinski definition) is 3. The average Bonchev–Trinajstić information content (AvgIpc) is 2.28. The third kappa shape index (κ3) is 3.57. The Morgan fingerprint density at radius 3 is 2.65 bits per heavy atom. The summed E-state index contributed by atoms with van der Waals surface area (Å²) in [7, 11) is 0. The number of aliphatic hydroxyl groups is 1. The van der Waals surface area contributed by atoms with E-state index >= 15 is 0 Å². The molecule has 1 rings (SSSR count). The number of phenols is 1. The summed E-state index contributed by atoms with van der Waals surface area (Å²) in [6.45, 7) is 1.61. The van der Waals surface area contributed by atoms with Crippen LogP contribution >= 0.6 is 0 Å². The molecule has 5 heteroatoms. The molecule has 0 radical (unpaired) electrons. The van der Waals surface area contributed by atoms with Crippen molar-refractivity contribution in [3.05, 3.63) is 41.7 Å². The molecule has 0 spiro atoms. The molecule has 0 aliphatic heterocycles. The van der Waals surface area contributed by atoms with Crippen molar-refractivity contribution in [3.8, 4) is 5.75 Å². The van der Waals surface area contributed by atoms with Crippen molar-refractivity contribution in [1.82, 2.24) is 0 Å². The second kappa shape index (κ2) is 5.45. The highest BCUT2D eigenvalue weighted by atomic mass is 19.1. The first-order valence-corrected chi connectivity index (χ1v) is 4.99. The third-order valence-corrected chi connectivity index (χ3v) is 2.35. The van der Waals surface area contributed by atoms with Crippen molar-refractivity contribution >= 4 is 5.97 Å². The zero-order valence-electron chi connectivity index (χ0n) is 9.17. The lowest BCUT2D eigenvalue weighted by atomic mass is 9.97. The molecule has 1 aromatic carbocycles. The van der Waals surface area contributed by atoms with Crippen LogP contribution in [0.5, 0.6) is 5.75 Å². The Balaban J connectivity index is 2.84. The molecule has 0 saturated carbocycles. The Morgan fingerprint density at radius 1 is 1.47 bits per heavy atom. The van der Waals surface area contributed by atoms with Gasteiger partial charge in [0.25, 0.3) is 0 Å². The number of carbonyl (C=O) groups is 1. The standard InChI is InChI=1S/C12H13FO4/c1-7(2-5-11(15)16)12(17)8-3-4-10(14)9(13)6-8/h2-7,12,14,17H,1H3,(H,15,16)/b5-2+/t7-,12-/m1/s1. The molecule has 0 amide bonds. The highest BCUT2D eigenvalue weighted by Crippen LogP contribution is 2.26. The van der Waals surface area contributed by atoms with E-state index in [4.69, 9.17) is 10.2 Å². The minimum atomic E-state index is -1.11. The van der Waals surface area contributed by atoms with Crippen molar-refractivity contribution in [1.29, 1.82) is 0 Å². The summed E-state index contributed by atoms with van der Waals surface area (Å²) in [6, 6.07) is 3.54. The molecule has 4 nitrogen and oxygen atoms in total. The van der Waals surface area contributed by atoms with Gasteiger partial charge in [0.1, 0.15) is 0 Å². The van der Waals surface area contributed by atoms with E-state index in [0.29, 0.717) is 0 Å². The van der Waals surface area contributed by atoms with Crippen molar-refractivity contribution in [2.45, 2.75) is 13.0 Å². The number of carboxylic acid groups (broad SMARTS) is 1. The molecule has 0 aromatic heterocycles. The Bertz CT molecular complexity index is 442. The Hall–Kier alpha value is -1.88. The number of benzene rings is 1. The molecule has 0 fully saturated rings. The number of aliphatic carboxylic acids is 1. The van der Waals surface area contributed by atoms with Gasteiger partial charge in [-0.15, -0.1) is 0 Å². The molecular weight excluding hydrogens is 227 g/mol. The maximum atomic E-state index is 13.0. The van der Waals surface area contributed by atoms with Gasteiger partial charge in [-0.05, 0) is 17.7 Å². The van der Waals surface area contributed by atoms with E-state index in [1.165, 1.54) is 12.1 Å². The molecule has 0 bridgehead atoms. The van der Waals surface area contributed by atoms with E-state index in [-0.39, 0.29) is 5.56 Å². The summed E-state index contributed by atoms with van der Waals surface area (Å²) in [4.78, 5) is 10.3. The average molecular weight is 240 g/mol. The van der Waals surface area contributed by atoms with Crippen LogP contribution in [0, 0.1) is 11.7 Å². The highest BCUT2D eigenvalue weighted by molar-refractivity contribution is 5.79. The molecule has 0 unspecified atom stereocenters. The van der Waals surface area contributed by atoms with Crippen molar-refractivity contribution in [3.63, 3.8) is 0 Å². The number of carboxylic acids is 1. The lowest BCUT2D eigenvalue weighted by molar-refractivity contribution is -0.131. The lowest BCUT2D eigenvalue weighted by Gasteiger charge is -2.15. The van der Waals surface area contributed by atoms with E-state index in [1.807, 2.05) is 0 Å². The Morgan fingerprint density at radius 2 is 2.12 bits per heavy atom. The van der Waals surface area contributed by atoms with Crippen LogP contribution in [-0.4, -0.2) is 21.3 Å². The minimum Gasteiger partial charge on any atom is -0.505 e. The van der Waals surface area contributed by atoms with Gasteiger partial charge in [0.2, 0.25) is 0 Å². The van der Waals surface area contributed by atoms with Crippen LogP contribution < -0.4 is 0 Å². The summed E-state index contributed by atoms with van der Waals surface area (Å²) in [5.74, 6) is -2.90. The quantitative estimate of drug-likeness (QED) is 0.702. The van der Waals surface area contributed by atoms with Crippen molar-refractivity contribution in [2.24, 2.45) is 5.92 Å². The summed E-state index contributed by atoms with van der Waals surface area (Å²) >= 11 is 0. The fourth-order valence-corrected chi connectivity index (χ4v) is 1.35. The number of halogens is 1. The maximum Gasteiger partial charge on any atom is 0.327 e. The first-order valence-electron chi connectivity index (χ1n) is 4.99. The molecule has 92 valence electrons. The van der Waals surface area contributed by atoms with Gasteiger partial charge in [-0.25, -0.2) is 9.18 Å². The molecule has 0 heterocycles. The van der Waals surface area contributed by atoms with Gasteiger partial charge in [0.15, 0.2) is 11.6 Å². The molecule has 0 aliphatic carbocycles. The van der Waals surface area contributed by atoms with Gasteiger partial charge >= 0.3 is 5.97 Å². The van der Waals surface area contributed by atoms with Crippen LogP contribution in [-0.2, 0) is 4.79 Å². The fourth-order valence-electron chi connectivity index (χ4n) is 1.35. The molecular formula is C12H13FO4. The van der Waals surface area contributed by atoms with Crippen molar-refractivity contribution < 1.29 is 24.5 Å². The molecule has 0 saturated heterocycles. The number of hydrogen-bond acceptors (Lipinski definition) is 3. The van der Waals surface area contributed by atoms with Crippen LogP contribution in [0.2, 0.25) is 0 Å². The zero-order chi connectivity index (χ0) is 13.0. The first kappa shape index (κ1) is 13.2. The third-order valence-electron chi connectivity index (χ3n) is 2.35. The summed E-state index contributed by atoms with van der Waals surface area (Å²) in [5, 5.41) is 27.3.